The van der Waals surface area contributed by atoms with E-state index >= 15 is 0 Å². The van der Waals surface area contributed by atoms with Crippen molar-refractivity contribution in [1.82, 2.24) is 0 Å². The second kappa shape index (κ2) is 5.39. The molecule has 0 saturated heterocycles. The van der Waals surface area contributed by atoms with Crippen molar-refractivity contribution in [1.29, 1.82) is 0 Å². The molecular weight excluding hydrogens is 216 g/mol. The SMILES string of the molecule is CC1(C)CC(CCC=CCCC2CC(C)(C)C2)C1. The average Bonchev–Trinajstić information content (AvgIpc) is 2.17. The van der Waals surface area contributed by atoms with Crippen LogP contribution in [0.5, 0.6) is 0 Å². The van der Waals surface area contributed by atoms with Gasteiger partial charge in [-0.2, -0.15) is 0 Å². The van der Waals surface area contributed by atoms with Crippen molar-refractivity contribution in [3.05, 3.63) is 12.2 Å². The van der Waals surface area contributed by atoms with Gasteiger partial charge in [-0.1, -0.05) is 39.8 Å². The molecule has 2 rings (SSSR count). The van der Waals surface area contributed by atoms with Gasteiger partial charge in [0.05, 0.1) is 0 Å². The number of hydrogen-bond acceptors (Lipinski definition) is 0. The molecule has 0 amide bonds. The Kier molecular flexibility index (Phi) is 4.24. The Bertz CT molecular complexity index is 249. The molecule has 2 aliphatic carbocycles. The third-order valence-electron chi connectivity index (χ3n) is 5.01. The van der Waals surface area contributed by atoms with Crippen LogP contribution in [0.25, 0.3) is 0 Å². The Hall–Kier alpha value is -0.260. The quantitative estimate of drug-likeness (QED) is 0.508. The fourth-order valence-corrected chi connectivity index (χ4v) is 4.31. The molecule has 0 bridgehead atoms. The van der Waals surface area contributed by atoms with Crippen LogP contribution in [0, 0.1) is 22.7 Å². The summed E-state index contributed by atoms with van der Waals surface area (Å²) in [4.78, 5) is 0. The second-order valence-corrected chi connectivity index (χ2v) is 8.50. The van der Waals surface area contributed by atoms with E-state index in [1.54, 1.807) is 0 Å². The zero-order valence-electron chi connectivity index (χ0n) is 13.0. The van der Waals surface area contributed by atoms with Crippen LogP contribution in [0.3, 0.4) is 0 Å². The molecule has 0 heteroatoms. The molecule has 2 aliphatic rings. The Morgan fingerprint density at radius 3 is 1.33 bits per heavy atom. The molecule has 0 nitrogen and oxygen atoms in total. The molecule has 0 heterocycles. The fraction of sp³-hybridized carbons (Fsp3) is 0.889. The summed E-state index contributed by atoms with van der Waals surface area (Å²) < 4.78 is 0. The highest BCUT2D eigenvalue weighted by Gasteiger charge is 2.35. The minimum absolute atomic E-state index is 0.658. The molecule has 0 atom stereocenters. The molecule has 18 heavy (non-hydrogen) atoms. The lowest BCUT2D eigenvalue weighted by molar-refractivity contribution is 0.0898. The monoisotopic (exact) mass is 248 g/mol. The first-order chi connectivity index (χ1) is 8.36. The Morgan fingerprint density at radius 2 is 1.06 bits per heavy atom. The van der Waals surface area contributed by atoms with Gasteiger partial charge in [0.1, 0.15) is 0 Å². The minimum Gasteiger partial charge on any atom is -0.0885 e. The minimum atomic E-state index is 0.658. The van der Waals surface area contributed by atoms with E-state index in [-0.39, 0.29) is 0 Å². The zero-order valence-corrected chi connectivity index (χ0v) is 13.0. The van der Waals surface area contributed by atoms with E-state index in [2.05, 4.69) is 39.8 Å². The molecule has 0 spiro atoms. The molecule has 0 aromatic heterocycles. The van der Waals surface area contributed by atoms with Crippen LogP contribution in [-0.4, -0.2) is 0 Å². The van der Waals surface area contributed by atoms with E-state index in [0.29, 0.717) is 10.8 Å². The van der Waals surface area contributed by atoms with Gasteiger partial charge in [-0.05, 0) is 74.0 Å². The average molecular weight is 248 g/mol. The molecular formula is C18H32. The van der Waals surface area contributed by atoms with Crippen LogP contribution in [0.15, 0.2) is 12.2 Å². The Balaban J connectivity index is 1.44. The van der Waals surface area contributed by atoms with Gasteiger partial charge in [0, 0.05) is 0 Å². The van der Waals surface area contributed by atoms with Crippen LogP contribution >= 0.6 is 0 Å². The Labute approximate surface area is 114 Å². The molecule has 0 aliphatic heterocycles. The smallest absolute Gasteiger partial charge is 0.0348 e. The first-order valence-corrected chi connectivity index (χ1v) is 8.01. The maximum absolute atomic E-state index is 2.44. The van der Waals surface area contributed by atoms with E-state index in [4.69, 9.17) is 0 Å². The highest BCUT2D eigenvalue weighted by molar-refractivity contribution is 4.91. The summed E-state index contributed by atoms with van der Waals surface area (Å²) in [5.41, 5.74) is 1.32. The van der Waals surface area contributed by atoms with Crippen molar-refractivity contribution in [2.45, 2.75) is 79.1 Å². The van der Waals surface area contributed by atoms with Crippen LogP contribution in [0.2, 0.25) is 0 Å². The lowest BCUT2D eigenvalue weighted by atomic mass is 9.63. The summed E-state index contributed by atoms with van der Waals surface area (Å²) in [5.74, 6) is 2.05. The van der Waals surface area contributed by atoms with Crippen molar-refractivity contribution >= 4 is 0 Å². The van der Waals surface area contributed by atoms with Crippen LogP contribution in [0.4, 0.5) is 0 Å². The van der Waals surface area contributed by atoms with E-state index < -0.39 is 0 Å². The molecule has 0 radical (unpaired) electrons. The van der Waals surface area contributed by atoms with E-state index in [1.807, 2.05) is 0 Å². The topological polar surface area (TPSA) is 0 Å². The third kappa shape index (κ3) is 4.14. The van der Waals surface area contributed by atoms with Gasteiger partial charge in [-0.15, -0.1) is 0 Å². The molecule has 0 aromatic carbocycles. The lowest BCUT2D eigenvalue weighted by Crippen LogP contribution is -2.31. The first-order valence-electron chi connectivity index (χ1n) is 8.01. The summed E-state index contributed by atoms with van der Waals surface area (Å²) in [6.45, 7) is 9.61. The third-order valence-corrected chi connectivity index (χ3v) is 5.01. The second-order valence-electron chi connectivity index (χ2n) is 8.50. The highest BCUT2D eigenvalue weighted by Crippen LogP contribution is 2.47. The zero-order chi connectivity index (χ0) is 13.2. The van der Waals surface area contributed by atoms with Crippen LogP contribution in [0.1, 0.15) is 79.1 Å². The molecule has 104 valence electrons. The predicted molar refractivity (Wildman–Crippen MR) is 80.6 cm³/mol. The number of allylic oxidation sites excluding steroid dienone is 2. The van der Waals surface area contributed by atoms with Crippen LogP contribution < -0.4 is 0 Å². The molecule has 2 fully saturated rings. The summed E-state index contributed by atoms with van der Waals surface area (Å²) in [7, 11) is 0. The van der Waals surface area contributed by atoms with Gasteiger partial charge < -0.3 is 0 Å². The van der Waals surface area contributed by atoms with Gasteiger partial charge in [0.25, 0.3) is 0 Å². The van der Waals surface area contributed by atoms with Gasteiger partial charge >= 0.3 is 0 Å². The largest absolute Gasteiger partial charge is 0.0885 e. The molecule has 0 unspecified atom stereocenters. The van der Waals surface area contributed by atoms with Gasteiger partial charge in [0.2, 0.25) is 0 Å². The molecule has 0 N–H and O–H groups in total. The number of hydrogen-bond donors (Lipinski definition) is 0. The Morgan fingerprint density at radius 1 is 0.722 bits per heavy atom. The standard InChI is InChI=1S/C18H32/c1-17(2)11-15(12-17)9-7-5-6-8-10-16-13-18(3,4)14-16/h5-6,15-16H,7-14H2,1-4H3. The lowest BCUT2D eigenvalue weighted by Gasteiger charge is -2.43. The molecule has 0 aromatic rings. The van der Waals surface area contributed by atoms with Crippen molar-refractivity contribution in [2.24, 2.45) is 22.7 Å². The van der Waals surface area contributed by atoms with Gasteiger partial charge in [0.15, 0.2) is 0 Å². The predicted octanol–water partition coefficient (Wildman–Crippen LogP) is 5.98. The summed E-state index contributed by atoms with van der Waals surface area (Å²) >= 11 is 0. The maximum atomic E-state index is 2.44. The first kappa shape index (κ1) is 14.2. The van der Waals surface area contributed by atoms with Gasteiger partial charge in [-0.25, -0.2) is 0 Å². The van der Waals surface area contributed by atoms with Gasteiger partial charge in [-0.3, -0.25) is 0 Å². The number of rotatable bonds is 6. The van der Waals surface area contributed by atoms with Crippen LogP contribution in [-0.2, 0) is 0 Å². The maximum Gasteiger partial charge on any atom is -0.0348 e. The van der Waals surface area contributed by atoms with E-state index in [1.165, 1.54) is 51.4 Å². The fourth-order valence-electron chi connectivity index (χ4n) is 4.31. The molecule has 2 saturated carbocycles. The highest BCUT2D eigenvalue weighted by atomic mass is 14.4. The summed E-state index contributed by atoms with van der Waals surface area (Å²) in [5, 5.41) is 0. The van der Waals surface area contributed by atoms with E-state index in [0.717, 1.165) is 11.8 Å². The van der Waals surface area contributed by atoms with Crippen molar-refractivity contribution in [2.75, 3.05) is 0 Å². The van der Waals surface area contributed by atoms with Crippen molar-refractivity contribution in [3.63, 3.8) is 0 Å². The van der Waals surface area contributed by atoms with Crippen molar-refractivity contribution < 1.29 is 0 Å². The van der Waals surface area contributed by atoms with E-state index in [9.17, 15) is 0 Å². The summed E-state index contributed by atoms with van der Waals surface area (Å²) in [6, 6.07) is 0. The normalized spacial score (nSPS) is 27.1. The summed E-state index contributed by atoms with van der Waals surface area (Å²) in [6.07, 6.45) is 16.2. The van der Waals surface area contributed by atoms with Crippen molar-refractivity contribution in [3.8, 4) is 0 Å².